The third-order valence-electron chi connectivity index (χ3n) is 3.18. The average Bonchev–Trinajstić information content (AvgIpc) is 2.86. The molecule has 0 spiro atoms. The van der Waals surface area contributed by atoms with Crippen LogP contribution in [0.15, 0.2) is 34.2 Å². The lowest BCUT2D eigenvalue weighted by Gasteiger charge is -2.03. The molecular formula is C14H13BrN2S. The molecule has 4 heteroatoms. The van der Waals surface area contributed by atoms with Crippen LogP contribution in [-0.4, -0.2) is 9.38 Å². The van der Waals surface area contributed by atoms with Crippen molar-refractivity contribution in [3.05, 3.63) is 56.1 Å². The van der Waals surface area contributed by atoms with Crippen LogP contribution in [0.3, 0.4) is 0 Å². The largest absolute Gasteiger partial charge is 0.302 e. The average molecular weight is 321 g/mol. The highest BCUT2D eigenvalue weighted by atomic mass is 79.9. The van der Waals surface area contributed by atoms with Crippen molar-refractivity contribution >= 4 is 32.9 Å². The quantitative estimate of drug-likeness (QED) is 0.685. The first-order valence-corrected chi connectivity index (χ1v) is 7.48. The first-order valence-electron chi connectivity index (χ1n) is 5.81. The lowest BCUT2D eigenvalue weighted by Crippen LogP contribution is -1.96. The number of imidazole rings is 1. The van der Waals surface area contributed by atoms with Gasteiger partial charge in [0, 0.05) is 22.0 Å². The molecule has 0 N–H and O–H groups in total. The number of aromatic nitrogens is 2. The summed E-state index contributed by atoms with van der Waals surface area (Å²) >= 11 is 5.34. The zero-order chi connectivity index (χ0) is 12.7. The summed E-state index contributed by atoms with van der Waals surface area (Å²) in [5, 5.41) is 2.15. The molecule has 0 amide bonds. The first-order chi connectivity index (χ1) is 8.65. The Hall–Kier alpha value is -1.13. The van der Waals surface area contributed by atoms with Gasteiger partial charge < -0.3 is 4.40 Å². The lowest BCUT2D eigenvalue weighted by atomic mass is 10.2. The van der Waals surface area contributed by atoms with Crippen molar-refractivity contribution in [1.29, 1.82) is 0 Å². The van der Waals surface area contributed by atoms with E-state index in [0.29, 0.717) is 0 Å². The fourth-order valence-electron chi connectivity index (χ4n) is 2.14. The minimum atomic E-state index is 0.951. The SMILES string of the molecule is Cc1ccsc1Cc1c(C)nc2ccc(Br)cn12. The molecule has 18 heavy (non-hydrogen) atoms. The molecule has 3 aromatic rings. The Morgan fingerprint density at radius 2 is 2.11 bits per heavy atom. The molecule has 0 unspecified atom stereocenters. The van der Waals surface area contributed by atoms with E-state index >= 15 is 0 Å². The number of fused-ring (bicyclic) bond motifs is 1. The predicted octanol–water partition coefficient (Wildman–Crippen LogP) is 4.37. The summed E-state index contributed by atoms with van der Waals surface area (Å²) in [6, 6.07) is 6.25. The smallest absolute Gasteiger partial charge is 0.137 e. The van der Waals surface area contributed by atoms with Crippen molar-refractivity contribution in [2.45, 2.75) is 20.3 Å². The van der Waals surface area contributed by atoms with Gasteiger partial charge in [-0.2, -0.15) is 0 Å². The van der Waals surface area contributed by atoms with E-state index in [9.17, 15) is 0 Å². The van der Waals surface area contributed by atoms with E-state index in [0.717, 1.165) is 22.2 Å². The van der Waals surface area contributed by atoms with Crippen molar-refractivity contribution in [2.75, 3.05) is 0 Å². The molecule has 0 aliphatic heterocycles. The van der Waals surface area contributed by atoms with Crippen LogP contribution in [-0.2, 0) is 6.42 Å². The van der Waals surface area contributed by atoms with Crippen LogP contribution < -0.4 is 0 Å². The maximum Gasteiger partial charge on any atom is 0.137 e. The number of rotatable bonds is 2. The van der Waals surface area contributed by atoms with E-state index in [1.54, 1.807) is 0 Å². The molecule has 0 bridgehead atoms. The Balaban J connectivity index is 2.13. The van der Waals surface area contributed by atoms with Crippen molar-refractivity contribution in [1.82, 2.24) is 9.38 Å². The highest BCUT2D eigenvalue weighted by Crippen LogP contribution is 2.23. The van der Waals surface area contributed by atoms with Gasteiger partial charge in [0.15, 0.2) is 0 Å². The van der Waals surface area contributed by atoms with Gasteiger partial charge in [-0.15, -0.1) is 11.3 Å². The van der Waals surface area contributed by atoms with Crippen molar-refractivity contribution < 1.29 is 0 Å². The summed E-state index contributed by atoms with van der Waals surface area (Å²) in [6.07, 6.45) is 3.04. The molecule has 2 nitrogen and oxygen atoms in total. The van der Waals surface area contributed by atoms with E-state index in [1.807, 2.05) is 23.5 Å². The molecule has 0 aliphatic carbocycles. The number of pyridine rings is 1. The summed E-state index contributed by atoms with van der Waals surface area (Å²) in [5.41, 5.74) is 4.77. The van der Waals surface area contributed by atoms with Gasteiger partial charge in [-0.3, -0.25) is 0 Å². The fraction of sp³-hybridized carbons (Fsp3) is 0.214. The summed E-state index contributed by atoms with van der Waals surface area (Å²) in [5.74, 6) is 0. The van der Waals surface area contributed by atoms with Crippen molar-refractivity contribution in [3.63, 3.8) is 0 Å². The van der Waals surface area contributed by atoms with Crippen molar-refractivity contribution in [2.24, 2.45) is 0 Å². The molecule has 0 fully saturated rings. The van der Waals surface area contributed by atoms with Crippen LogP contribution in [0, 0.1) is 13.8 Å². The Kier molecular flexibility index (Phi) is 2.99. The molecule has 3 aromatic heterocycles. The second kappa shape index (κ2) is 4.52. The van der Waals surface area contributed by atoms with Crippen LogP contribution >= 0.6 is 27.3 Å². The summed E-state index contributed by atoms with van der Waals surface area (Å²) in [7, 11) is 0. The monoisotopic (exact) mass is 320 g/mol. The lowest BCUT2D eigenvalue weighted by molar-refractivity contribution is 1.01. The molecule has 0 radical (unpaired) electrons. The molecular weight excluding hydrogens is 308 g/mol. The molecule has 0 aliphatic rings. The molecule has 0 atom stereocenters. The maximum absolute atomic E-state index is 4.61. The van der Waals surface area contributed by atoms with E-state index < -0.39 is 0 Å². The van der Waals surface area contributed by atoms with E-state index in [1.165, 1.54) is 16.1 Å². The summed E-state index contributed by atoms with van der Waals surface area (Å²) in [6.45, 7) is 4.25. The number of nitrogens with zero attached hydrogens (tertiary/aromatic N) is 2. The molecule has 0 saturated carbocycles. The predicted molar refractivity (Wildman–Crippen MR) is 79.5 cm³/mol. The Labute approximate surface area is 118 Å². The van der Waals surface area contributed by atoms with Gasteiger partial charge in [-0.25, -0.2) is 4.98 Å². The van der Waals surface area contributed by atoms with Gasteiger partial charge >= 0.3 is 0 Å². The zero-order valence-corrected chi connectivity index (χ0v) is 12.7. The molecule has 3 rings (SSSR count). The van der Waals surface area contributed by atoms with Gasteiger partial charge in [0.05, 0.1) is 11.4 Å². The number of aryl methyl sites for hydroxylation is 2. The minimum absolute atomic E-state index is 0.951. The fourth-order valence-corrected chi connectivity index (χ4v) is 3.38. The van der Waals surface area contributed by atoms with Crippen LogP contribution in [0.2, 0.25) is 0 Å². The minimum Gasteiger partial charge on any atom is -0.302 e. The third-order valence-corrected chi connectivity index (χ3v) is 4.67. The number of hydrogen-bond donors (Lipinski definition) is 0. The Morgan fingerprint density at radius 1 is 1.28 bits per heavy atom. The van der Waals surface area contributed by atoms with E-state index in [-0.39, 0.29) is 0 Å². The third kappa shape index (κ3) is 1.99. The molecule has 0 saturated heterocycles. The topological polar surface area (TPSA) is 17.3 Å². The number of thiophene rings is 1. The van der Waals surface area contributed by atoms with Gasteiger partial charge in [0.1, 0.15) is 5.65 Å². The van der Waals surface area contributed by atoms with Gasteiger partial charge in [-0.1, -0.05) is 0 Å². The van der Waals surface area contributed by atoms with Crippen LogP contribution in [0.1, 0.15) is 21.8 Å². The first kappa shape index (κ1) is 11.9. The van der Waals surface area contributed by atoms with E-state index in [4.69, 9.17) is 0 Å². The number of halogens is 1. The van der Waals surface area contributed by atoms with Crippen molar-refractivity contribution in [3.8, 4) is 0 Å². The van der Waals surface area contributed by atoms with Crippen LogP contribution in [0.5, 0.6) is 0 Å². The normalized spacial score (nSPS) is 11.3. The molecule has 3 heterocycles. The standard InChI is InChI=1S/C14H13BrN2S/c1-9-5-6-18-13(9)7-12-10(2)16-14-4-3-11(15)8-17(12)14/h3-6,8H,7H2,1-2H3. The zero-order valence-electron chi connectivity index (χ0n) is 10.3. The van der Waals surface area contributed by atoms with Gasteiger partial charge in [0.2, 0.25) is 0 Å². The highest BCUT2D eigenvalue weighted by molar-refractivity contribution is 9.10. The summed E-state index contributed by atoms with van der Waals surface area (Å²) in [4.78, 5) is 6.03. The maximum atomic E-state index is 4.61. The number of hydrogen-bond acceptors (Lipinski definition) is 2. The van der Waals surface area contributed by atoms with Gasteiger partial charge in [-0.05, 0) is 58.9 Å². The molecule has 0 aromatic carbocycles. The van der Waals surface area contributed by atoms with Crippen LogP contribution in [0.4, 0.5) is 0 Å². The van der Waals surface area contributed by atoms with Gasteiger partial charge in [0.25, 0.3) is 0 Å². The Morgan fingerprint density at radius 3 is 2.83 bits per heavy atom. The molecule has 92 valence electrons. The second-order valence-corrected chi connectivity index (χ2v) is 6.34. The second-order valence-electron chi connectivity index (χ2n) is 4.42. The summed E-state index contributed by atoms with van der Waals surface area (Å²) < 4.78 is 3.26. The Bertz CT molecular complexity index is 712. The van der Waals surface area contributed by atoms with Crippen LogP contribution in [0.25, 0.3) is 5.65 Å². The highest BCUT2D eigenvalue weighted by Gasteiger charge is 2.11. The van der Waals surface area contributed by atoms with E-state index in [2.05, 4.69) is 56.8 Å².